The Labute approximate surface area is 192 Å². The van der Waals surface area contributed by atoms with Crippen LogP contribution in [0.25, 0.3) is 0 Å². The number of aromatic nitrogens is 3. The van der Waals surface area contributed by atoms with Gasteiger partial charge >= 0.3 is 0 Å². The van der Waals surface area contributed by atoms with E-state index in [0.29, 0.717) is 35.0 Å². The first-order valence-electron chi connectivity index (χ1n) is 10.8. The fourth-order valence-corrected chi connectivity index (χ4v) is 5.04. The van der Waals surface area contributed by atoms with Crippen molar-refractivity contribution in [1.29, 1.82) is 0 Å². The Hall–Kier alpha value is -2.06. The molecule has 9 heteroatoms. The first-order valence-corrected chi connectivity index (χ1v) is 12.0. The Kier molecular flexibility index (Phi) is 8.00. The average Bonchev–Trinajstić information content (AvgIpc) is 3.01. The van der Waals surface area contributed by atoms with Gasteiger partial charge in [0.05, 0.1) is 5.01 Å². The molecule has 7 nitrogen and oxygen atoms in total. The van der Waals surface area contributed by atoms with E-state index in [2.05, 4.69) is 15.0 Å². The minimum atomic E-state index is -0.339. The summed E-state index contributed by atoms with van der Waals surface area (Å²) in [5, 5.41) is 3.06. The lowest BCUT2D eigenvalue weighted by Crippen LogP contribution is -2.36. The van der Waals surface area contributed by atoms with Gasteiger partial charge in [-0.05, 0) is 51.9 Å². The lowest BCUT2D eigenvalue weighted by Gasteiger charge is -2.24. The van der Waals surface area contributed by atoms with Gasteiger partial charge in [-0.2, -0.15) is 0 Å². The van der Waals surface area contributed by atoms with E-state index in [4.69, 9.17) is 17.3 Å². The molecule has 1 aliphatic rings. The first-order chi connectivity index (χ1) is 14.7. The van der Waals surface area contributed by atoms with Gasteiger partial charge in [-0.1, -0.05) is 18.5 Å². The van der Waals surface area contributed by atoms with Crippen molar-refractivity contribution in [2.75, 3.05) is 18.8 Å². The minimum Gasteiger partial charge on any atom is -0.383 e. The van der Waals surface area contributed by atoms with Crippen molar-refractivity contribution in [2.45, 2.75) is 59.3 Å². The Morgan fingerprint density at radius 1 is 1.26 bits per heavy atom. The van der Waals surface area contributed by atoms with Gasteiger partial charge in [0.15, 0.2) is 5.78 Å². The molecule has 2 aromatic rings. The molecule has 0 radical (unpaired) electrons. The molecular formula is C22H30ClN5O2S. The summed E-state index contributed by atoms with van der Waals surface area (Å²) < 4.78 is 0. The Balaban J connectivity index is 1.51. The third kappa shape index (κ3) is 6.23. The number of nitrogen functional groups attached to an aromatic ring is 1. The van der Waals surface area contributed by atoms with Gasteiger partial charge in [-0.3, -0.25) is 9.59 Å². The quantitative estimate of drug-likeness (QED) is 0.486. The van der Waals surface area contributed by atoms with Crippen molar-refractivity contribution in [3.63, 3.8) is 0 Å². The van der Waals surface area contributed by atoms with Crippen LogP contribution >= 0.6 is 22.9 Å². The zero-order chi connectivity index (χ0) is 22.5. The number of carbonyl (C=O) groups excluding carboxylic acids is 2. The number of hydrogen-bond donors (Lipinski definition) is 1. The third-order valence-electron chi connectivity index (χ3n) is 5.88. The van der Waals surface area contributed by atoms with Crippen LogP contribution in [0.1, 0.15) is 65.9 Å². The molecule has 31 heavy (non-hydrogen) atoms. The van der Waals surface area contributed by atoms with E-state index in [-0.39, 0.29) is 24.0 Å². The van der Waals surface area contributed by atoms with Crippen LogP contribution in [0.2, 0.25) is 5.15 Å². The fraction of sp³-hybridized carbons (Fsp3) is 0.591. The summed E-state index contributed by atoms with van der Waals surface area (Å²) in [5.74, 6) is 1.18. The molecule has 2 atom stereocenters. The van der Waals surface area contributed by atoms with Crippen molar-refractivity contribution in [3.8, 4) is 0 Å². The monoisotopic (exact) mass is 463 g/mol. The van der Waals surface area contributed by atoms with E-state index >= 15 is 0 Å². The van der Waals surface area contributed by atoms with Crippen molar-refractivity contribution in [2.24, 2.45) is 11.8 Å². The van der Waals surface area contributed by atoms with Crippen molar-refractivity contribution >= 4 is 40.4 Å². The number of nitrogens with zero attached hydrogens (tertiary/aromatic N) is 4. The number of Topliss-reactive ketones (excluding diaryl/α,β-unsaturated/α-hetero) is 1. The van der Waals surface area contributed by atoms with E-state index < -0.39 is 0 Å². The number of halogens is 1. The predicted molar refractivity (Wildman–Crippen MR) is 123 cm³/mol. The van der Waals surface area contributed by atoms with Gasteiger partial charge in [-0.25, -0.2) is 15.0 Å². The lowest BCUT2D eigenvalue weighted by atomic mass is 9.93. The molecule has 0 bridgehead atoms. The number of likely N-dealkylation sites (tertiary alicyclic amines) is 1. The second-order valence-corrected chi connectivity index (χ2v) is 9.79. The second kappa shape index (κ2) is 10.5. The smallest absolute Gasteiger partial charge is 0.225 e. The van der Waals surface area contributed by atoms with Crippen molar-refractivity contribution in [3.05, 3.63) is 32.6 Å². The van der Waals surface area contributed by atoms with Crippen LogP contribution in [0.3, 0.4) is 0 Å². The van der Waals surface area contributed by atoms with Crippen molar-refractivity contribution in [1.82, 2.24) is 19.9 Å². The maximum absolute atomic E-state index is 12.9. The second-order valence-electron chi connectivity index (χ2n) is 8.37. The molecule has 1 amide bonds. The molecule has 2 N–H and O–H groups in total. The number of thiazole rings is 1. The van der Waals surface area contributed by atoms with Gasteiger partial charge in [0.2, 0.25) is 5.91 Å². The molecule has 1 fully saturated rings. The number of aryl methyl sites for hydroxylation is 2. The molecule has 1 unspecified atom stereocenters. The Morgan fingerprint density at radius 3 is 2.71 bits per heavy atom. The highest BCUT2D eigenvalue weighted by Gasteiger charge is 2.26. The first kappa shape index (κ1) is 23.6. The highest BCUT2D eigenvalue weighted by molar-refractivity contribution is 7.09. The molecule has 1 aliphatic heterocycles. The van der Waals surface area contributed by atoms with Crippen LogP contribution in [-0.4, -0.2) is 44.6 Å². The summed E-state index contributed by atoms with van der Waals surface area (Å²) in [4.78, 5) is 39.9. The topological polar surface area (TPSA) is 102 Å². The molecule has 168 valence electrons. The Morgan fingerprint density at radius 2 is 2.03 bits per heavy atom. The van der Waals surface area contributed by atoms with Crippen LogP contribution in [0.5, 0.6) is 0 Å². The summed E-state index contributed by atoms with van der Waals surface area (Å²) in [6.07, 6.45) is 4.82. The van der Waals surface area contributed by atoms with Crippen LogP contribution in [-0.2, 0) is 11.2 Å². The van der Waals surface area contributed by atoms with Gasteiger partial charge in [0.25, 0.3) is 0 Å². The van der Waals surface area contributed by atoms with Gasteiger partial charge in [0, 0.05) is 36.4 Å². The summed E-state index contributed by atoms with van der Waals surface area (Å²) in [7, 11) is 0. The van der Waals surface area contributed by atoms with Crippen LogP contribution in [0.4, 0.5) is 5.82 Å². The average molecular weight is 464 g/mol. The molecule has 3 heterocycles. The normalized spacial score (nSPS) is 17.9. The zero-order valence-electron chi connectivity index (χ0n) is 18.4. The number of nitrogens with two attached hydrogens (primary N) is 1. The van der Waals surface area contributed by atoms with E-state index in [0.717, 1.165) is 49.2 Å². The molecule has 0 aliphatic carbocycles. The Bertz CT molecular complexity index is 925. The molecule has 1 saturated heterocycles. The molecule has 0 spiro atoms. The number of rotatable bonds is 7. The van der Waals surface area contributed by atoms with E-state index in [1.165, 1.54) is 11.3 Å². The third-order valence-corrected chi connectivity index (χ3v) is 6.97. The number of anilines is 1. The van der Waals surface area contributed by atoms with Crippen LogP contribution in [0, 0.1) is 25.7 Å². The lowest BCUT2D eigenvalue weighted by molar-refractivity contribution is -0.134. The summed E-state index contributed by atoms with van der Waals surface area (Å²) >= 11 is 7.71. The molecule has 0 saturated carbocycles. The number of ketones is 1. The molecule has 3 rings (SSSR count). The van der Waals surface area contributed by atoms with Crippen LogP contribution < -0.4 is 5.73 Å². The van der Waals surface area contributed by atoms with E-state index in [1.54, 1.807) is 12.3 Å². The van der Waals surface area contributed by atoms with Crippen molar-refractivity contribution < 1.29 is 9.59 Å². The van der Waals surface area contributed by atoms with E-state index in [9.17, 15) is 9.59 Å². The molecular weight excluding hydrogens is 434 g/mol. The number of hydrogen-bond acceptors (Lipinski definition) is 7. The van der Waals surface area contributed by atoms with Crippen LogP contribution in [0.15, 0.2) is 5.38 Å². The highest BCUT2D eigenvalue weighted by atomic mass is 35.5. The number of carbonyl (C=O) groups is 2. The van der Waals surface area contributed by atoms with Gasteiger partial charge in [0.1, 0.15) is 22.5 Å². The summed E-state index contributed by atoms with van der Waals surface area (Å²) in [5.41, 5.74) is 7.31. The van der Waals surface area contributed by atoms with Gasteiger partial charge < -0.3 is 10.6 Å². The summed E-state index contributed by atoms with van der Waals surface area (Å²) in [6.45, 7) is 6.93. The highest BCUT2D eigenvalue weighted by Crippen LogP contribution is 2.27. The predicted octanol–water partition coefficient (Wildman–Crippen LogP) is 4.26. The van der Waals surface area contributed by atoms with E-state index in [1.807, 2.05) is 18.7 Å². The SMILES string of the molecule is Cc1nc(N)c(CCC2CCCN(C(=O)[C@H](C)CC(=O)c3csc(C)n3)CC2)c(Cl)n1. The maximum Gasteiger partial charge on any atom is 0.225 e. The van der Waals surface area contributed by atoms with Gasteiger partial charge in [-0.15, -0.1) is 11.3 Å². The number of amides is 1. The fourth-order valence-electron chi connectivity index (χ4n) is 4.11. The summed E-state index contributed by atoms with van der Waals surface area (Å²) in [6, 6.07) is 0. The standard InChI is InChI=1S/C22H30ClN5O2S/c1-13(11-19(29)18-12-31-15(3)27-18)22(30)28-9-4-5-16(8-10-28)6-7-17-20(23)25-14(2)26-21(17)24/h12-13,16H,4-11H2,1-3H3,(H2,24,25,26)/t13-,16?/m1/s1. The largest absolute Gasteiger partial charge is 0.383 e. The maximum atomic E-state index is 12.9. The molecule has 2 aromatic heterocycles. The minimum absolute atomic E-state index is 0.0557. The molecule has 0 aromatic carbocycles. The zero-order valence-corrected chi connectivity index (χ0v) is 19.9.